The summed E-state index contributed by atoms with van der Waals surface area (Å²) in [7, 11) is 0. The number of esters is 1. The van der Waals surface area contributed by atoms with E-state index in [1.807, 2.05) is 6.92 Å². The topological polar surface area (TPSA) is 57.0 Å². The van der Waals surface area contributed by atoms with E-state index in [0.29, 0.717) is 32.8 Å². The summed E-state index contributed by atoms with van der Waals surface area (Å²) in [4.78, 5) is 17.1. The number of nitrogens with zero attached hydrogens (tertiary/aromatic N) is 3. The number of carbonyl (C=O) groups excluding carboxylic acids is 1. The van der Waals surface area contributed by atoms with Crippen molar-refractivity contribution in [3.05, 3.63) is 56.8 Å². The lowest BCUT2D eigenvalue weighted by atomic mass is 10.1. The Hall–Kier alpha value is -2.20. The van der Waals surface area contributed by atoms with Crippen molar-refractivity contribution in [1.29, 1.82) is 0 Å². The Morgan fingerprint density at radius 1 is 1.32 bits per heavy atom. The van der Waals surface area contributed by atoms with Crippen molar-refractivity contribution < 1.29 is 22.7 Å². The Morgan fingerprint density at radius 3 is 2.75 bits per heavy atom. The van der Waals surface area contributed by atoms with E-state index in [1.54, 1.807) is 23.9 Å². The summed E-state index contributed by atoms with van der Waals surface area (Å²) in [6.45, 7) is 4.12. The first-order chi connectivity index (χ1) is 13.2. The highest BCUT2D eigenvalue weighted by molar-refractivity contribution is 9.10. The molecule has 0 N–H and O–H groups in total. The number of thiazole rings is 1. The summed E-state index contributed by atoms with van der Waals surface area (Å²) in [6, 6.07) is 3.72. The second-order valence-electron chi connectivity index (χ2n) is 5.90. The molecule has 148 valence electrons. The zero-order valence-corrected chi connectivity index (χ0v) is 17.3. The van der Waals surface area contributed by atoms with E-state index in [4.69, 9.17) is 4.74 Å². The van der Waals surface area contributed by atoms with Gasteiger partial charge in [0.05, 0.1) is 36.2 Å². The van der Waals surface area contributed by atoms with Gasteiger partial charge in [-0.3, -0.25) is 4.68 Å². The van der Waals surface area contributed by atoms with Crippen LogP contribution >= 0.6 is 27.3 Å². The molecule has 28 heavy (non-hydrogen) atoms. The predicted molar refractivity (Wildman–Crippen MR) is 102 cm³/mol. The van der Waals surface area contributed by atoms with Gasteiger partial charge >= 0.3 is 12.1 Å². The summed E-state index contributed by atoms with van der Waals surface area (Å²) in [5, 5.41) is 4.61. The van der Waals surface area contributed by atoms with Gasteiger partial charge in [-0.1, -0.05) is 15.9 Å². The highest BCUT2D eigenvalue weighted by Gasteiger charge is 2.31. The van der Waals surface area contributed by atoms with Crippen molar-refractivity contribution in [2.45, 2.75) is 26.6 Å². The molecule has 0 spiro atoms. The second kappa shape index (κ2) is 8.04. The van der Waals surface area contributed by atoms with E-state index in [2.05, 4.69) is 26.0 Å². The Bertz CT molecular complexity index is 1010. The number of aryl methyl sites for hydroxylation is 1. The molecule has 0 aliphatic rings. The largest absolute Gasteiger partial charge is 0.462 e. The van der Waals surface area contributed by atoms with Gasteiger partial charge in [-0.05, 0) is 32.0 Å². The van der Waals surface area contributed by atoms with E-state index in [0.717, 1.165) is 17.0 Å². The van der Waals surface area contributed by atoms with E-state index in [9.17, 15) is 18.0 Å². The number of hydrogen-bond acceptors (Lipinski definition) is 5. The molecule has 2 heterocycles. The summed E-state index contributed by atoms with van der Waals surface area (Å²) in [5.74, 6) is -0.460. The van der Waals surface area contributed by atoms with Gasteiger partial charge in [0.2, 0.25) is 0 Å². The third-order valence-electron chi connectivity index (χ3n) is 3.82. The number of ether oxygens (including phenoxy) is 1. The maximum Gasteiger partial charge on any atom is 0.416 e. The molecule has 3 rings (SSSR count). The SMILES string of the molecule is CCOC(=O)c1cnn(Cc2nc(-c3cc(Br)cc(C(F)(F)F)c3)sc2C)c1. The Morgan fingerprint density at radius 2 is 2.07 bits per heavy atom. The van der Waals surface area contributed by atoms with Gasteiger partial charge in [-0.15, -0.1) is 11.3 Å². The molecule has 0 saturated carbocycles. The molecule has 0 aliphatic carbocycles. The molecule has 0 aliphatic heterocycles. The molecule has 2 aromatic heterocycles. The fourth-order valence-corrected chi connectivity index (χ4v) is 3.90. The highest BCUT2D eigenvalue weighted by atomic mass is 79.9. The Balaban J connectivity index is 1.86. The van der Waals surface area contributed by atoms with E-state index in [-0.39, 0.29) is 6.61 Å². The maximum absolute atomic E-state index is 13.1. The first kappa shape index (κ1) is 20.5. The lowest BCUT2D eigenvalue weighted by Crippen LogP contribution is -2.05. The van der Waals surface area contributed by atoms with Crippen LogP contribution in [-0.2, 0) is 17.5 Å². The van der Waals surface area contributed by atoms with Crippen molar-refractivity contribution in [2.75, 3.05) is 6.61 Å². The van der Waals surface area contributed by atoms with E-state index in [1.165, 1.54) is 17.5 Å². The van der Waals surface area contributed by atoms with E-state index >= 15 is 0 Å². The minimum absolute atomic E-state index is 0.269. The Kier molecular flexibility index (Phi) is 5.90. The third-order valence-corrected chi connectivity index (χ3v) is 5.34. The molecular weight excluding hydrogens is 459 g/mol. The van der Waals surface area contributed by atoms with E-state index < -0.39 is 17.7 Å². The average Bonchev–Trinajstić information content (AvgIpc) is 3.22. The molecule has 5 nitrogen and oxygen atoms in total. The fraction of sp³-hybridized carbons (Fsp3) is 0.278. The number of alkyl halides is 3. The standard InChI is InChI=1S/C18H15BrF3N3O2S/c1-3-27-17(26)12-7-23-25(8-12)9-15-10(2)28-16(24-15)11-4-13(18(20,21)22)6-14(19)5-11/h4-8H,3,9H2,1-2H3. The number of carbonyl (C=O) groups is 1. The highest BCUT2D eigenvalue weighted by Crippen LogP contribution is 2.36. The van der Waals surface area contributed by atoms with Crippen LogP contribution in [0.3, 0.4) is 0 Å². The molecule has 10 heteroatoms. The van der Waals surface area contributed by atoms with Gasteiger partial charge in [0, 0.05) is 21.1 Å². The molecule has 0 amide bonds. The molecule has 0 unspecified atom stereocenters. The van der Waals surface area contributed by atoms with Crippen LogP contribution in [0.2, 0.25) is 0 Å². The van der Waals surface area contributed by atoms with Crippen molar-refractivity contribution in [3.63, 3.8) is 0 Å². The lowest BCUT2D eigenvalue weighted by Gasteiger charge is -2.08. The minimum atomic E-state index is -4.44. The van der Waals surface area contributed by atoms with Crippen molar-refractivity contribution in [2.24, 2.45) is 0 Å². The monoisotopic (exact) mass is 473 g/mol. The average molecular weight is 474 g/mol. The van der Waals surface area contributed by atoms with Crippen LogP contribution in [0.5, 0.6) is 0 Å². The zero-order valence-electron chi connectivity index (χ0n) is 14.9. The van der Waals surface area contributed by atoms with Gasteiger partial charge in [0.25, 0.3) is 0 Å². The maximum atomic E-state index is 13.1. The van der Waals surface area contributed by atoms with Crippen LogP contribution in [0.15, 0.2) is 35.1 Å². The van der Waals surface area contributed by atoms with Gasteiger partial charge in [0.1, 0.15) is 5.01 Å². The number of hydrogen-bond donors (Lipinski definition) is 0. The summed E-state index contributed by atoms with van der Waals surface area (Å²) < 4.78 is 46.0. The number of halogens is 4. The fourth-order valence-electron chi connectivity index (χ4n) is 2.50. The molecule has 0 atom stereocenters. The van der Waals surface area contributed by atoms with Gasteiger partial charge in [-0.25, -0.2) is 9.78 Å². The summed E-state index contributed by atoms with van der Waals surface area (Å²) >= 11 is 4.43. The molecule has 0 bridgehead atoms. The van der Waals surface area contributed by atoms with Crippen LogP contribution < -0.4 is 0 Å². The smallest absolute Gasteiger partial charge is 0.416 e. The predicted octanol–water partition coefficient (Wildman–Crippen LogP) is 5.32. The molecular formula is C18H15BrF3N3O2S. The second-order valence-corrected chi connectivity index (χ2v) is 8.01. The van der Waals surface area contributed by atoms with Crippen molar-refractivity contribution >= 4 is 33.2 Å². The Labute approximate surface area is 171 Å². The van der Waals surface area contributed by atoms with Crippen LogP contribution in [0.1, 0.15) is 33.4 Å². The quantitative estimate of drug-likeness (QED) is 0.470. The first-order valence-electron chi connectivity index (χ1n) is 8.21. The molecule has 0 saturated heterocycles. The van der Waals surface area contributed by atoms with Crippen LogP contribution in [0.25, 0.3) is 10.6 Å². The molecule has 0 fully saturated rings. The normalized spacial score (nSPS) is 11.6. The summed E-state index contributed by atoms with van der Waals surface area (Å²) in [5.41, 5.74) is 0.648. The van der Waals surface area contributed by atoms with Crippen LogP contribution in [0, 0.1) is 6.92 Å². The number of benzene rings is 1. The summed E-state index contributed by atoms with van der Waals surface area (Å²) in [6.07, 6.45) is -1.48. The van der Waals surface area contributed by atoms with Gasteiger partial charge in [0.15, 0.2) is 0 Å². The first-order valence-corrected chi connectivity index (χ1v) is 9.82. The molecule has 0 radical (unpaired) electrons. The zero-order chi connectivity index (χ0) is 20.5. The lowest BCUT2D eigenvalue weighted by molar-refractivity contribution is -0.137. The minimum Gasteiger partial charge on any atom is -0.462 e. The van der Waals surface area contributed by atoms with Crippen LogP contribution in [-0.4, -0.2) is 27.3 Å². The van der Waals surface area contributed by atoms with Gasteiger partial charge in [-0.2, -0.15) is 18.3 Å². The number of rotatable bonds is 5. The molecule has 1 aromatic carbocycles. The van der Waals surface area contributed by atoms with Crippen molar-refractivity contribution in [1.82, 2.24) is 14.8 Å². The molecule has 3 aromatic rings. The number of aromatic nitrogens is 3. The van der Waals surface area contributed by atoms with Crippen molar-refractivity contribution in [3.8, 4) is 10.6 Å². The van der Waals surface area contributed by atoms with Gasteiger partial charge < -0.3 is 4.74 Å². The van der Waals surface area contributed by atoms with Crippen LogP contribution in [0.4, 0.5) is 13.2 Å². The third kappa shape index (κ3) is 4.61.